The highest BCUT2D eigenvalue weighted by atomic mass is 35.5. The maximum Gasteiger partial charge on any atom is 0.241 e. The second-order valence-electron chi connectivity index (χ2n) is 3.68. The molecule has 0 aliphatic rings. The fourth-order valence-corrected chi connectivity index (χ4v) is 1.83. The lowest BCUT2D eigenvalue weighted by Gasteiger charge is -2.16. The molecule has 0 aliphatic heterocycles. The van der Waals surface area contributed by atoms with Gasteiger partial charge in [0.25, 0.3) is 0 Å². The Bertz CT molecular complexity index is 419. The summed E-state index contributed by atoms with van der Waals surface area (Å²) >= 11 is 5.48. The normalized spacial score (nSPS) is 12.3. The fraction of sp³-hybridized carbons (Fsp3) is 0.364. The molecule has 1 atom stereocenters. The van der Waals surface area contributed by atoms with E-state index in [1.807, 2.05) is 5.43 Å². The van der Waals surface area contributed by atoms with Gasteiger partial charge in [-0.1, -0.05) is 0 Å². The standard InChI is InChI=1S/C11H12ClF3N2O/c12-3-1-2-7(11(18)17-16)10-8(14)4-6(13)5-9(10)15/h4-5,7H,1-3,16H2,(H,17,18). The number of nitrogens with one attached hydrogen (secondary N) is 1. The van der Waals surface area contributed by atoms with Crippen molar-refractivity contribution in [3.63, 3.8) is 0 Å². The highest BCUT2D eigenvalue weighted by Gasteiger charge is 2.26. The van der Waals surface area contributed by atoms with Gasteiger partial charge < -0.3 is 0 Å². The number of alkyl halides is 1. The zero-order chi connectivity index (χ0) is 13.7. The van der Waals surface area contributed by atoms with E-state index in [9.17, 15) is 18.0 Å². The molecule has 1 amide bonds. The van der Waals surface area contributed by atoms with Crippen LogP contribution in [-0.4, -0.2) is 11.8 Å². The summed E-state index contributed by atoms with van der Waals surface area (Å²) in [5.41, 5.74) is 1.34. The molecule has 0 aromatic heterocycles. The second-order valence-corrected chi connectivity index (χ2v) is 4.05. The minimum atomic E-state index is -1.13. The predicted molar refractivity (Wildman–Crippen MR) is 61.3 cm³/mol. The van der Waals surface area contributed by atoms with Crippen molar-refractivity contribution >= 4 is 17.5 Å². The van der Waals surface area contributed by atoms with Gasteiger partial charge in [-0.15, -0.1) is 11.6 Å². The predicted octanol–water partition coefficient (Wildman–Crippen LogP) is 2.20. The Balaban J connectivity index is 3.16. The molecular formula is C11H12ClF3N2O. The molecule has 18 heavy (non-hydrogen) atoms. The van der Waals surface area contributed by atoms with E-state index in [0.29, 0.717) is 18.6 Å². The van der Waals surface area contributed by atoms with Gasteiger partial charge >= 0.3 is 0 Å². The van der Waals surface area contributed by atoms with Crippen molar-refractivity contribution in [2.24, 2.45) is 5.84 Å². The van der Waals surface area contributed by atoms with E-state index in [0.717, 1.165) is 0 Å². The van der Waals surface area contributed by atoms with Crippen molar-refractivity contribution in [2.75, 3.05) is 5.88 Å². The highest BCUT2D eigenvalue weighted by molar-refractivity contribution is 6.17. The van der Waals surface area contributed by atoms with Gasteiger partial charge in [0.15, 0.2) is 0 Å². The molecule has 1 unspecified atom stereocenters. The monoisotopic (exact) mass is 280 g/mol. The Labute approximate surface area is 107 Å². The second kappa shape index (κ2) is 6.61. The average Bonchev–Trinajstić information content (AvgIpc) is 2.31. The van der Waals surface area contributed by atoms with E-state index in [-0.39, 0.29) is 12.3 Å². The Morgan fingerprint density at radius 3 is 2.33 bits per heavy atom. The minimum absolute atomic E-state index is 0.117. The molecule has 1 aromatic rings. The summed E-state index contributed by atoms with van der Waals surface area (Å²) in [4.78, 5) is 11.5. The number of rotatable bonds is 5. The van der Waals surface area contributed by atoms with Crippen LogP contribution in [0.25, 0.3) is 0 Å². The molecule has 1 rings (SSSR count). The van der Waals surface area contributed by atoms with Crippen LogP contribution in [0.3, 0.4) is 0 Å². The van der Waals surface area contributed by atoms with Gasteiger partial charge in [-0.2, -0.15) is 0 Å². The van der Waals surface area contributed by atoms with Gasteiger partial charge in [-0.05, 0) is 12.8 Å². The summed E-state index contributed by atoms with van der Waals surface area (Å²) in [6.45, 7) is 0. The maximum absolute atomic E-state index is 13.6. The van der Waals surface area contributed by atoms with Crippen LogP contribution in [-0.2, 0) is 4.79 Å². The summed E-state index contributed by atoms with van der Waals surface area (Å²) in [6, 6.07) is 1.05. The molecule has 0 spiro atoms. The van der Waals surface area contributed by atoms with Gasteiger partial charge in [0.05, 0.1) is 5.92 Å². The first kappa shape index (κ1) is 14.8. The van der Waals surface area contributed by atoms with Gasteiger partial charge in [-0.3, -0.25) is 10.2 Å². The maximum atomic E-state index is 13.6. The molecule has 0 aliphatic carbocycles. The van der Waals surface area contributed by atoms with Crippen LogP contribution in [0, 0.1) is 17.5 Å². The average molecular weight is 281 g/mol. The van der Waals surface area contributed by atoms with E-state index in [1.165, 1.54) is 0 Å². The van der Waals surface area contributed by atoms with Crippen LogP contribution in [0.15, 0.2) is 12.1 Å². The number of carbonyl (C=O) groups is 1. The SMILES string of the molecule is NNC(=O)C(CCCCl)c1c(F)cc(F)cc1F. The van der Waals surface area contributed by atoms with Crippen molar-refractivity contribution in [1.82, 2.24) is 5.43 Å². The summed E-state index contributed by atoms with van der Waals surface area (Å²) in [5, 5.41) is 0. The van der Waals surface area contributed by atoms with E-state index in [2.05, 4.69) is 0 Å². The third-order valence-electron chi connectivity index (χ3n) is 2.48. The van der Waals surface area contributed by atoms with Crippen LogP contribution in [0.5, 0.6) is 0 Å². The Kier molecular flexibility index (Phi) is 5.43. The molecule has 3 N–H and O–H groups in total. The Morgan fingerprint density at radius 1 is 1.33 bits per heavy atom. The van der Waals surface area contributed by atoms with Crippen molar-refractivity contribution in [3.8, 4) is 0 Å². The van der Waals surface area contributed by atoms with Crippen molar-refractivity contribution < 1.29 is 18.0 Å². The number of hydrazine groups is 1. The molecule has 0 saturated heterocycles. The summed E-state index contributed by atoms with van der Waals surface area (Å²) < 4.78 is 39.9. The number of amides is 1. The molecular weight excluding hydrogens is 269 g/mol. The van der Waals surface area contributed by atoms with Crippen LogP contribution < -0.4 is 11.3 Å². The van der Waals surface area contributed by atoms with E-state index in [1.54, 1.807) is 0 Å². The molecule has 7 heteroatoms. The van der Waals surface area contributed by atoms with Gasteiger partial charge in [0.2, 0.25) is 5.91 Å². The first-order chi connectivity index (χ1) is 8.51. The van der Waals surface area contributed by atoms with Crippen molar-refractivity contribution in [1.29, 1.82) is 0 Å². The summed E-state index contributed by atoms with van der Waals surface area (Å²) in [6.07, 6.45) is 0.488. The molecule has 1 aromatic carbocycles. The summed E-state index contributed by atoms with van der Waals surface area (Å²) in [7, 11) is 0. The van der Waals surface area contributed by atoms with Crippen LogP contribution >= 0.6 is 11.6 Å². The van der Waals surface area contributed by atoms with Crippen LogP contribution in [0.2, 0.25) is 0 Å². The number of carbonyl (C=O) groups excluding carboxylic acids is 1. The fourth-order valence-electron chi connectivity index (χ4n) is 1.67. The third-order valence-corrected chi connectivity index (χ3v) is 2.74. The minimum Gasteiger partial charge on any atom is -0.294 e. The van der Waals surface area contributed by atoms with E-state index >= 15 is 0 Å². The molecule has 0 fully saturated rings. The largest absolute Gasteiger partial charge is 0.294 e. The number of hydrogen-bond donors (Lipinski definition) is 2. The lowest BCUT2D eigenvalue weighted by molar-refractivity contribution is -0.122. The first-order valence-corrected chi connectivity index (χ1v) is 5.75. The molecule has 100 valence electrons. The van der Waals surface area contributed by atoms with Gasteiger partial charge in [0.1, 0.15) is 17.5 Å². The molecule has 0 bridgehead atoms. The van der Waals surface area contributed by atoms with Gasteiger partial charge in [0, 0.05) is 23.6 Å². The van der Waals surface area contributed by atoms with Crippen LogP contribution in [0.4, 0.5) is 13.2 Å². The number of nitrogens with two attached hydrogens (primary N) is 1. The zero-order valence-corrected chi connectivity index (χ0v) is 10.1. The number of halogens is 4. The third kappa shape index (κ3) is 3.36. The molecule has 0 heterocycles. The first-order valence-electron chi connectivity index (χ1n) is 5.22. The number of benzene rings is 1. The number of hydrogen-bond acceptors (Lipinski definition) is 2. The molecule has 0 radical (unpaired) electrons. The topological polar surface area (TPSA) is 55.1 Å². The van der Waals surface area contributed by atoms with Gasteiger partial charge in [-0.25, -0.2) is 19.0 Å². The highest BCUT2D eigenvalue weighted by Crippen LogP contribution is 2.27. The van der Waals surface area contributed by atoms with Crippen molar-refractivity contribution in [2.45, 2.75) is 18.8 Å². The van der Waals surface area contributed by atoms with Crippen LogP contribution in [0.1, 0.15) is 24.3 Å². The van der Waals surface area contributed by atoms with E-state index in [4.69, 9.17) is 17.4 Å². The lowest BCUT2D eigenvalue weighted by atomic mass is 9.92. The Morgan fingerprint density at radius 2 is 1.89 bits per heavy atom. The molecule has 0 saturated carbocycles. The Hall–Kier alpha value is -1.27. The quantitative estimate of drug-likeness (QED) is 0.376. The summed E-state index contributed by atoms with van der Waals surface area (Å²) in [5.74, 6) is 0.0457. The molecule has 3 nitrogen and oxygen atoms in total. The van der Waals surface area contributed by atoms with E-state index < -0.39 is 34.8 Å². The zero-order valence-electron chi connectivity index (χ0n) is 9.35. The van der Waals surface area contributed by atoms with Crippen molar-refractivity contribution in [3.05, 3.63) is 35.1 Å². The smallest absolute Gasteiger partial charge is 0.241 e. The lowest BCUT2D eigenvalue weighted by Crippen LogP contribution is -2.35.